The molecule has 82 valence electrons. The molecule has 0 bridgehead atoms. The van der Waals surface area contributed by atoms with Crippen LogP contribution >= 0.6 is 0 Å². The van der Waals surface area contributed by atoms with Gasteiger partial charge in [0, 0.05) is 20.2 Å². The monoisotopic (exact) mass is 216 g/mol. The molecule has 0 aliphatic rings. The number of nitriles is 1. The molecule has 0 saturated heterocycles. The molecule has 0 aliphatic heterocycles. The highest BCUT2D eigenvalue weighted by atomic mass is 16.4. The maximum absolute atomic E-state index is 10.3. The zero-order valence-electron chi connectivity index (χ0n) is 9.14. The molecule has 0 fully saturated rings. The van der Waals surface area contributed by atoms with Gasteiger partial charge in [0.05, 0.1) is 11.3 Å². The number of benzene rings is 1. The Balaban J connectivity index is 3.10. The van der Waals surface area contributed by atoms with E-state index in [4.69, 9.17) is 10.4 Å². The van der Waals surface area contributed by atoms with Crippen LogP contribution in [0.5, 0.6) is 0 Å². The Hall–Kier alpha value is -2.28. The Morgan fingerprint density at radius 1 is 1.50 bits per heavy atom. The van der Waals surface area contributed by atoms with Crippen molar-refractivity contribution in [2.45, 2.75) is 0 Å². The summed E-state index contributed by atoms with van der Waals surface area (Å²) in [7, 11) is 3.70. The summed E-state index contributed by atoms with van der Waals surface area (Å²) in [5, 5.41) is 17.4. The second kappa shape index (κ2) is 4.99. The van der Waals surface area contributed by atoms with Crippen molar-refractivity contribution in [2.75, 3.05) is 19.0 Å². The van der Waals surface area contributed by atoms with Gasteiger partial charge in [0.15, 0.2) is 0 Å². The van der Waals surface area contributed by atoms with Gasteiger partial charge in [-0.2, -0.15) is 5.26 Å². The van der Waals surface area contributed by atoms with Gasteiger partial charge < -0.3 is 10.0 Å². The van der Waals surface area contributed by atoms with Crippen molar-refractivity contribution in [3.63, 3.8) is 0 Å². The predicted octanol–water partition coefficient (Wildman–Crippen LogP) is 1.72. The van der Waals surface area contributed by atoms with Crippen molar-refractivity contribution in [2.24, 2.45) is 0 Å². The summed E-state index contributed by atoms with van der Waals surface area (Å²) >= 11 is 0. The number of hydrogen-bond donors (Lipinski definition) is 1. The van der Waals surface area contributed by atoms with E-state index in [2.05, 4.69) is 6.07 Å². The Kier molecular flexibility index (Phi) is 3.67. The van der Waals surface area contributed by atoms with Gasteiger partial charge in [-0.3, -0.25) is 0 Å². The summed E-state index contributed by atoms with van der Waals surface area (Å²) in [5.41, 5.74) is 2.04. The molecule has 0 amide bonds. The van der Waals surface area contributed by atoms with Gasteiger partial charge >= 0.3 is 5.97 Å². The zero-order valence-corrected chi connectivity index (χ0v) is 9.14. The van der Waals surface area contributed by atoms with E-state index in [0.717, 1.165) is 11.8 Å². The number of nitrogens with zero attached hydrogens (tertiary/aromatic N) is 2. The quantitative estimate of drug-likeness (QED) is 0.781. The van der Waals surface area contributed by atoms with Crippen LogP contribution in [0, 0.1) is 11.3 Å². The fourth-order valence-corrected chi connectivity index (χ4v) is 1.30. The molecule has 1 N–H and O–H groups in total. The molecule has 0 radical (unpaired) electrons. The normalized spacial score (nSPS) is 10.1. The third-order valence-electron chi connectivity index (χ3n) is 2.04. The molecule has 1 aromatic rings. The molecular weight excluding hydrogens is 204 g/mol. The van der Waals surface area contributed by atoms with E-state index < -0.39 is 5.97 Å². The van der Waals surface area contributed by atoms with Crippen LogP contribution in [0.25, 0.3) is 6.08 Å². The molecule has 1 aromatic carbocycles. The third-order valence-corrected chi connectivity index (χ3v) is 2.04. The van der Waals surface area contributed by atoms with Crippen molar-refractivity contribution in [1.29, 1.82) is 5.26 Å². The zero-order chi connectivity index (χ0) is 12.1. The molecule has 0 aromatic heterocycles. The van der Waals surface area contributed by atoms with Gasteiger partial charge in [0.25, 0.3) is 0 Å². The van der Waals surface area contributed by atoms with E-state index in [-0.39, 0.29) is 0 Å². The lowest BCUT2D eigenvalue weighted by atomic mass is 10.1. The van der Waals surface area contributed by atoms with Gasteiger partial charge in [-0.1, -0.05) is 6.07 Å². The number of carbonyl (C=O) groups is 1. The summed E-state index contributed by atoms with van der Waals surface area (Å²) in [5.74, 6) is -1.00. The molecule has 0 spiro atoms. The van der Waals surface area contributed by atoms with Crippen LogP contribution in [0.2, 0.25) is 0 Å². The van der Waals surface area contributed by atoms with Crippen molar-refractivity contribution in [1.82, 2.24) is 0 Å². The second-order valence-electron chi connectivity index (χ2n) is 3.45. The molecule has 0 atom stereocenters. The van der Waals surface area contributed by atoms with E-state index in [1.165, 1.54) is 6.08 Å². The number of carboxylic acid groups (broad SMARTS) is 1. The van der Waals surface area contributed by atoms with Crippen LogP contribution < -0.4 is 4.90 Å². The number of carboxylic acids is 1. The molecule has 4 nitrogen and oxygen atoms in total. The van der Waals surface area contributed by atoms with Gasteiger partial charge in [-0.25, -0.2) is 4.79 Å². The van der Waals surface area contributed by atoms with Crippen molar-refractivity contribution in [3.8, 4) is 6.07 Å². The first kappa shape index (κ1) is 11.8. The molecular formula is C12H12N2O2. The molecule has 0 unspecified atom stereocenters. The summed E-state index contributed by atoms with van der Waals surface area (Å²) in [6.07, 6.45) is 2.51. The predicted molar refractivity (Wildman–Crippen MR) is 62.2 cm³/mol. The average molecular weight is 216 g/mol. The first-order chi connectivity index (χ1) is 7.54. The first-order valence-corrected chi connectivity index (χ1v) is 4.67. The smallest absolute Gasteiger partial charge is 0.328 e. The van der Waals surface area contributed by atoms with Crippen molar-refractivity contribution < 1.29 is 9.90 Å². The van der Waals surface area contributed by atoms with Crippen LogP contribution in [-0.4, -0.2) is 25.2 Å². The highest BCUT2D eigenvalue weighted by Gasteiger charge is 2.03. The van der Waals surface area contributed by atoms with Crippen molar-refractivity contribution in [3.05, 3.63) is 35.4 Å². The molecule has 1 rings (SSSR count). The Labute approximate surface area is 94.0 Å². The van der Waals surface area contributed by atoms with Crippen LogP contribution in [-0.2, 0) is 4.79 Å². The minimum absolute atomic E-state index is 0.525. The number of hydrogen-bond acceptors (Lipinski definition) is 3. The third kappa shape index (κ3) is 2.85. The molecule has 16 heavy (non-hydrogen) atoms. The number of rotatable bonds is 3. The van der Waals surface area contributed by atoms with E-state index >= 15 is 0 Å². The van der Waals surface area contributed by atoms with Crippen LogP contribution in [0.15, 0.2) is 24.3 Å². The second-order valence-corrected chi connectivity index (χ2v) is 3.45. The standard InChI is InChI=1S/C12H12N2O2/c1-14(2)11-5-3-9(4-6-12(15)16)7-10(11)8-13/h3-7H,1-2H3,(H,15,16)/b6-4+. The summed E-state index contributed by atoms with van der Waals surface area (Å²) in [6, 6.07) is 7.31. The summed E-state index contributed by atoms with van der Waals surface area (Å²) in [6.45, 7) is 0. The molecule has 0 aliphatic carbocycles. The van der Waals surface area contributed by atoms with Gasteiger partial charge in [0.1, 0.15) is 6.07 Å². The van der Waals surface area contributed by atoms with Gasteiger partial charge in [0.2, 0.25) is 0 Å². The average Bonchev–Trinajstić information content (AvgIpc) is 2.25. The maximum atomic E-state index is 10.3. The Bertz CT molecular complexity index is 470. The lowest BCUT2D eigenvalue weighted by Crippen LogP contribution is -2.10. The highest BCUT2D eigenvalue weighted by Crippen LogP contribution is 2.19. The van der Waals surface area contributed by atoms with Crippen LogP contribution in [0.1, 0.15) is 11.1 Å². The number of aliphatic carboxylic acids is 1. The molecule has 0 heterocycles. The Morgan fingerprint density at radius 2 is 2.19 bits per heavy atom. The topological polar surface area (TPSA) is 64.3 Å². The fourth-order valence-electron chi connectivity index (χ4n) is 1.30. The maximum Gasteiger partial charge on any atom is 0.328 e. The van der Waals surface area contributed by atoms with Crippen LogP contribution in [0.4, 0.5) is 5.69 Å². The van der Waals surface area contributed by atoms with Crippen molar-refractivity contribution >= 4 is 17.7 Å². The lowest BCUT2D eigenvalue weighted by Gasteiger charge is -2.14. The van der Waals surface area contributed by atoms with E-state index in [1.54, 1.807) is 18.2 Å². The first-order valence-electron chi connectivity index (χ1n) is 4.67. The Morgan fingerprint density at radius 3 is 2.69 bits per heavy atom. The van der Waals surface area contributed by atoms with E-state index in [9.17, 15) is 4.79 Å². The lowest BCUT2D eigenvalue weighted by molar-refractivity contribution is -0.131. The fraction of sp³-hybridized carbons (Fsp3) is 0.167. The summed E-state index contributed by atoms with van der Waals surface area (Å²) < 4.78 is 0. The minimum atomic E-state index is -1.00. The number of anilines is 1. The highest BCUT2D eigenvalue weighted by molar-refractivity contribution is 5.85. The SMILES string of the molecule is CN(C)c1ccc(/C=C/C(=O)O)cc1C#N. The molecule has 0 saturated carbocycles. The van der Waals surface area contributed by atoms with Gasteiger partial charge in [-0.15, -0.1) is 0 Å². The van der Waals surface area contributed by atoms with Gasteiger partial charge in [-0.05, 0) is 23.8 Å². The van der Waals surface area contributed by atoms with Crippen LogP contribution in [0.3, 0.4) is 0 Å². The van der Waals surface area contributed by atoms with E-state index in [0.29, 0.717) is 11.1 Å². The molecule has 4 heteroatoms. The van der Waals surface area contributed by atoms with E-state index in [1.807, 2.05) is 19.0 Å². The summed E-state index contributed by atoms with van der Waals surface area (Å²) in [4.78, 5) is 12.2. The largest absolute Gasteiger partial charge is 0.478 e. The minimum Gasteiger partial charge on any atom is -0.478 e.